The van der Waals surface area contributed by atoms with E-state index in [0.717, 1.165) is 22.6 Å². The lowest BCUT2D eigenvalue weighted by molar-refractivity contribution is 0.104. The Morgan fingerprint density at radius 1 is 1.04 bits per heavy atom. The quantitative estimate of drug-likeness (QED) is 0.490. The fourth-order valence-corrected chi connectivity index (χ4v) is 2.59. The molecule has 0 unspecified atom stereocenters. The maximum absolute atomic E-state index is 12.3. The molecule has 1 aromatic heterocycles. The average Bonchev–Trinajstić information content (AvgIpc) is 3.20. The maximum Gasteiger partial charge on any atom is 0.185 e. The van der Waals surface area contributed by atoms with Crippen molar-refractivity contribution in [2.24, 2.45) is 0 Å². The molecule has 0 aliphatic carbocycles. The summed E-state index contributed by atoms with van der Waals surface area (Å²) < 4.78 is 10.6. The van der Waals surface area contributed by atoms with Crippen molar-refractivity contribution in [3.05, 3.63) is 65.9 Å². The van der Waals surface area contributed by atoms with E-state index in [0.29, 0.717) is 17.1 Å². The molecule has 138 valence electrons. The third-order valence-corrected chi connectivity index (χ3v) is 4.12. The number of methoxy groups -OCH3 is 2. The number of hydrogen-bond donors (Lipinski definition) is 2. The van der Waals surface area contributed by atoms with Gasteiger partial charge in [-0.2, -0.15) is 5.10 Å². The minimum absolute atomic E-state index is 0.0724. The molecule has 3 rings (SSSR count). The number of carbonyl (C=O) groups excluding carboxylic acids is 1. The number of aromatic amines is 1. The van der Waals surface area contributed by atoms with Crippen molar-refractivity contribution in [1.82, 2.24) is 10.2 Å². The lowest BCUT2D eigenvalue weighted by Crippen LogP contribution is -1.95. The molecular weight excluding hydrogens is 342 g/mol. The van der Waals surface area contributed by atoms with Gasteiger partial charge in [-0.05, 0) is 54.6 Å². The number of ether oxygens (including phenoxy) is 2. The number of anilines is 1. The van der Waals surface area contributed by atoms with Crippen LogP contribution in [-0.2, 0) is 0 Å². The Kier molecular flexibility index (Phi) is 5.56. The number of allylic oxidation sites excluding steroid dienone is 1. The van der Waals surface area contributed by atoms with Crippen molar-refractivity contribution in [3.8, 4) is 22.8 Å². The summed E-state index contributed by atoms with van der Waals surface area (Å²) in [6.07, 6.45) is 3.24. The van der Waals surface area contributed by atoms with E-state index < -0.39 is 0 Å². The van der Waals surface area contributed by atoms with Gasteiger partial charge in [0.2, 0.25) is 0 Å². The number of nitrogens with one attached hydrogen (secondary N) is 2. The Morgan fingerprint density at radius 3 is 2.30 bits per heavy atom. The lowest BCUT2D eigenvalue weighted by atomic mass is 10.1. The molecule has 27 heavy (non-hydrogen) atoms. The summed E-state index contributed by atoms with van der Waals surface area (Å²) in [4.78, 5) is 12.3. The summed E-state index contributed by atoms with van der Waals surface area (Å²) in [6, 6.07) is 14.7. The van der Waals surface area contributed by atoms with E-state index in [9.17, 15) is 4.79 Å². The zero-order valence-electron chi connectivity index (χ0n) is 15.4. The molecule has 0 spiro atoms. The molecule has 0 radical (unpaired) electrons. The number of hydrogen-bond acceptors (Lipinski definition) is 5. The first-order chi connectivity index (χ1) is 13.1. The van der Waals surface area contributed by atoms with Crippen LogP contribution >= 0.6 is 0 Å². The minimum atomic E-state index is -0.0724. The normalized spacial score (nSPS) is 10.8. The number of rotatable bonds is 7. The molecule has 0 saturated carbocycles. The standard InChI is InChI=1S/C21H21N3O3/c1-22-16-6-4-14(5-7-16)21(25)9-8-17-12-20(24-23-17)15-10-18(26-2)13-19(11-15)27-3/h4-13,22H,1-3H3,(H,23,24)/b9-8+. The van der Waals surface area contributed by atoms with E-state index in [1.165, 1.54) is 6.08 Å². The van der Waals surface area contributed by atoms with Crippen molar-refractivity contribution in [2.45, 2.75) is 0 Å². The lowest BCUT2D eigenvalue weighted by Gasteiger charge is -2.06. The smallest absolute Gasteiger partial charge is 0.185 e. The Bertz CT molecular complexity index is 937. The highest BCUT2D eigenvalue weighted by Crippen LogP contribution is 2.29. The van der Waals surface area contributed by atoms with Crippen LogP contribution in [0.1, 0.15) is 16.1 Å². The summed E-state index contributed by atoms with van der Waals surface area (Å²) in [5.74, 6) is 1.30. The fraction of sp³-hybridized carbons (Fsp3) is 0.143. The van der Waals surface area contributed by atoms with Gasteiger partial charge in [0.05, 0.1) is 25.6 Å². The van der Waals surface area contributed by atoms with Crippen LogP contribution in [0.3, 0.4) is 0 Å². The highest BCUT2D eigenvalue weighted by molar-refractivity contribution is 6.06. The monoisotopic (exact) mass is 363 g/mol. The number of H-pyrrole nitrogens is 1. The molecule has 0 atom stereocenters. The van der Waals surface area contributed by atoms with Crippen LogP contribution in [0.25, 0.3) is 17.3 Å². The predicted molar refractivity (Wildman–Crippen MR) is 106 cm³/mol. The highest BCUT2D eigenvalue weighted by Gasteiger charge is 2.08. The molecule has 0 saturated heterocycles. The van der Waals surface area contributed by atoms with Crippen molar-refractivity contribution in [1.29, 1.82) is 0 Å². The molecule has 0 aliphatic rings. The zero-order chi connectivity index (χ0) is 19.2. The van der Waals surface area contributed by atoms with E-state index in [4.69, 9.17) is 9.47 Å². The van der Waals surface area contributed by atoms with Crippen molar-refractivity contribution in [3.63, 3.8) is 0 Å². The highest BCUT2D eigenvalue weighted by atomic mass is 16.5. The van der Waals surface area contributed by atoms with Gasteiger partial charge in [0.15, 0.2) is 5.78 Å². The first-order valence-electron chi connectivity index (χ1n) is 8.42. The van der Waals surface area contributed by atoms with Gasteiger partial charge in [-0.1, -0.05) is 0 Å². The van der Waals surface area contributed by atoms with E-state index in [1.54, 1.807) is 38.5 Å². The molecular formula is C21H21N3O3. The fourth-order valence-electron chi connectivity index (χ4n) is 2.59. The number of aromatic nitrogens is 2. The first-order valence-corrected chi connectivity index (χ1v) is 8.42. The Labute approximate surface area is 157 Å². The minimum Gasteiger partial charge on any atom is -0.497 e. The van der Waals surface area contributed by atoms with Crippen molar-refractivity contribution >= 4 is 17.5 Å². The van der Waals surface area contributed by atoms with Gasteiger partial charge < -0.3 is 14.8 Å². The molecule has 0 bridgehead atoms. The van der Waals surface area contributed by atoms with Crippen LogP contribution in [0, 0.1) is 0 Å². The van der Waals surface area contributed by atoms with E-state index >= 15 is 0 Å². The summed E-state index contributed by atoms with van der Waals surface area (Å²) in [7, 11) is 5.04. The molecule has 1 heterocycles. The van der Waals surface area contributed by atoms with Crippen LogP contribution in [0.2, 0.25) is 0 Å². The van der Waals surface area contributed by atoms with Crippen LogP contribution in [0.5, 0.6) is 11.5 Å². The van der Waals surface area contributed by atoms with Gasteiger partial charge in [0.1, 0.15) is 11.5 Å². The van der Waals surface area contributed by atoms with Gasteiger partial charge in [-0.25, -0.2) is 0 Å². The van der Waals surface area contributed by atoms with Gasteiger partial charge in [0, 0.05) is 29.9 Å². The number of ketones is 1. The van der Waals surface area contributed by atoms with E-state index in [-0.39, 0.29) is 5.78 Å². The SMILES string of the molecule is CNc1ccc(C(=O)/C=C/c2cc(-c3cc(OC)cc(OC)c3)n[nH]2)cc1. The number of nitrogens with zero attached hydrogens (tertiary/aromatic N) is 1. The van der Waals surface area contributed by atoms with Crippen LogP contribution in [0.15, 0.2) is 54.6 Å². The molecule has 2 N–H and O–H groups in total. The second-order valence-electron chi connectivity index (χ2n) is 5.83. The van der Waals surface area contributed by atoms with E-state index in [2.05, 4.69) is 15.5 Å². The largest absolute Gasteiger partial charge is 0.497 e. The van der Waals surface area contributed by atoms with Gasteiger partial charge in [-0.3, -0.25) is 9.89 Å². The molecule has 6 heteroatoms. The second-order valence-corrected chi connectivity index (χ2v) is 5.83. The zero-order valence-corrected chi connectivity index (χ0v) is 15.4. The molecule has 0 amide bonds. The predicted octanol–water partition coefficient (Wildman–Crippen LogP) is 4.03. The van der Waals surface area contributed by atoms with Crippen molar-refractivity contribution < 1.29 is 14.3 Å². The summed E-state index contributed by atoms with van der Waals surface area (Å²) >= 11 is 0. The number of carbonyl (C=O) groups is 1. The summed E-state index contributed by atoms with van der Waals surface area (Å²) in [6.45, 7) is 0. The Hall–Kier alpha value is -3.54. The molecule has 0 fully saturated rings. The van der Waals surface area contributed by atoms with Crippen molar-refractivity contribution in [2.75, 3.05) is 26.6 Å². The molecule has 2 aromatic carbocycles. The summed E-state index contributed by atoms with van der Waals surface area (Å²) in [5, 5.41) is 10.3. The Balaban J connectivity index is 1.77. The van der Waals surface area contributed by atoms with Crippen LogP contribution in [-0.4, -0.2) is 37.2 Å². The van der Waals surface area contributed by atoms with Crippen LogP contribution in [0.4, 0.5) is 5.69 Å². The van der Waals surface area contributed by atoms with Crippen LogP contribution < -0.4 is 14.8 Å². The second kappa shape index (κ2) is 8.23. The molecule has 0 aliphatic heterocycles. The van der Waals surface area contributed by atoms with E-state index in [1.807, 2.05) is 37.4 Å². The maximum atomic E-state index is 12.3. The average molecular weight is 363 g/mol. The van der Waals surface area contributed by atoms with Gasteiger partial charge in [0.25, 0.3) is 0 Å². The molecule has 3 aromatic rings. The summed E-state index contributed by atoms with van der Waals surface area (Å²) in [5.41, 5.74) is 3.91. The van der Waals surface area contributed by atoms with Gasteiger partial charge >= 0.3 is 0 Å². The third kappa shape index (κ3) is 4.36. The Morgan fingerprint density at radius 2 is 1.70 bits per heavy atom. The van der Waals surface area contributed by atoms with Gasteiger partial charge in [-0.15, -0.1) is 0 Å². The molecule has 6 nitrogen and oxygen atoms in total. The number of benzene rings is 2. The topological polar surface area (TPSA) is 76.2 Å². The first kappa shape index (κ1) is 18.3. The third-order valence-electron chi connectivity index (χ3n) is 4.12.